The van der Waals surface area contributed by atoms with Gasteiger partial charge in [-0.2, -0.15) is 4.31 Å². The zero-order chi connectivity index (χ0) is 15.5. The summed E-state index contributed by atoms with van der Waals surface area (Å²) in [5.74, 6) is 0.826. The molecule has 0 radical (unpaired) electrons. The van der Waals surface area contributed by atoms with Gasteiger partial charge in [-0.1, -0.05) is 15.9 Å². The number of sulfonamides is 1. The van der Waals surface area contributed by atoms with E-state index in [0.717, 1.165) is 17.3 Å². The summed E-state index contributed by atoms with van der Waals surface area (Å²) in [4.78, 5) is 0.227. The van der Waals surface area contributed by atoms with Crippen LogP contribution in [-0.4, -0.2) is 39.0 Å². The van der Waals surface area contributed by atoms with Crippen molar-refractivity contribution in [1.29, 1.82) is 0 Å². The van der Waals surface area contributed by atoms with Crippen LogP contribution in [0.4, 0.5) is 0 Å². The van der Waals surface area contributed by atoms with E-state index in [4.69, 9.17) is 10.5 Å². The summed E-state index contributed by atoms with van der Waals surface area (Å²) in [5, 5.41) is 0. The van der Waals surface area contributed by atoms with Gasteiger partial charge in [-0.15, -0.1) is 0 Å². The normalized spacial score (nSPS) is 17.9. The number of nitrogens with two attached hydrogens (primary N) is 1. The van der Waals surface area contributed by atoms with Gasteiger partial charge in [0.1, 0.15) is 10.6 Å². The number of hydrogen-bond donors (Lipinski definition) is 1. The standard InChI is InChI=1S/C14H21BrN2O3S/c1-2-20-13-4-3-12(15)9-14(13)21(18,19)17-7-5-11(10-16)6-8-17/h3-4,9,11H,2,5-8,10,16H2,1H3. The van der Waals surface area contributed by atoms with Crippen LogP contribution in [0, 0.1) is 5.92 Å². The van der Waals surface area contributed by atoms with Crippen molar-refractivity contribution in [3.63, 3.8) is 0 Å². The van der Waals surface area contributed by atoms with Crippen LogP contribution in [0.25, 0.3) is 0 Å². The fraction of sp³-hybridized carbons (Fsp3) is 0.571. The SMILES string of the molecule is CCOc1ccc(Br)cc1S(=O)(=O)N1CCC(CN)CC1. The molecule has 0 unspecified atom stereocenters. The van der Waals surface area contributed by atoms with Crippen LogP contribution in [0.15, 0.2) is 27.6 Å². The minimum absolute atomic E-state index is 0.227. The monoisotopic (exact) mass is 376 g/mol. The number of rotatable bonds is 5. The topological polar surface area (TPSA) is 72.6 Å². The lowest BCUT2D eigenvalue weighted by Gasteiger charge is -2.31. The van der Waals surface area contributed by atoms with Crippen molar-refractivity contribution < 1.29 is 13.2 Å². The molecular formula is C14H21BrN2O3S. The summed E-state index contributed by atoms with van der Waals surface area (Å²) in [7, 11) is -3.53. The average Bonchev–Trinajstić information content (AvgIpc) is 2.49. The van der Waals surface area contributed by atoms with E-state index >= 15 is 0 Å². The van der Waals surface area contributed by atoms with E-state index < -0.39 is 10.0 Å². The molecule has 1 saturated heterocycles. The molecule has 21 heavy (non-hydrogen) atoms. The van der Waals surface area contributed by atoms with Crippen LogP contribution in [0.3, 0.4) is 0 Å². The van der Waals surface area contributed by atoms with Gasteiger partial charge in [0.25, 0.3) is 0 Å². The molecule has 0 amide bonds. The summed E-state index contributed by atoms with van der Waals surface area (Å²) in [6.45, 7) is 3.92. The predicted octanol–water partition coefficient (Wildman–Crippen LogP) is 2.21. The van der Waals surface area contributed by atoms with Crippen molar-refractivity contribution in [2.24, 2.45) is 11.7 Å². The maximum Gasteiger partial charge on any atom is 0.246 e. The van der Waals surface area contributed by atoms with Gasteiger partial charge in [-0.25, -0.2) is 8.42 Å². The predicted molar refractivity (Wildman–Crippen MR) is 85.8 cm³/mol. The van der Waals surface area contributed by atoms with Crippen LogP contribution in [0.1, 0.15) is 19.8 Å². The molecule has 1 aliphatic heterocycles. The molecule has 2 N–H and O–H groups in total. The van der Waals surface area contributed by atoms with Crippen molar-refractivity contribution >= 4 is 26.0 Å². The molecular weight excluding hydrogens is 356 g/mol. The zero-order valence-electron chi connectivity index (χ0n) is 12.1. The largest absolute Gasteiger partial charge is 0.492 e. The average molecular weight is 377 g/mol. The van der Waals surface area contributed by atoms with Gasteiger partial charge in [0.15, 0.2) is 0 Å². The summed E-state index contributed by atoms with van der Waals surface area (Å²) in [6, 6.07) is 5.08. The van der Waals surface area contributed by atoms with Crippen LogP contribution in [-0.2, 0) is 10.0 Å². The van der Waals surface area contributed by atoms with E-state index in [0.29, 0.717) is 37.9 Å². The number of ether oxygens (including phenoxy) is 1. The molecule has 1 aromatic rings. The third-order valence-electron chi connectivity index (χ3n) is 3.73. The second-order valence-electron chi connectivity index (χ2n) is 5.11. The van der Waals surface area contributed by atoms with Crippen molar-refractivity contribution in [3.8, 4) is 5.75 Å². The maximum absolute atomic E-state index is 12.8. The molecule has 1 heterocycles. The first-order chi connectivity index (χ1) is 9.98. The van der Waals surface area contributed by atoms with Gasteiger partial charge in [0, 0.05) is 17.6 Å². The minimum Gasteiger partial charge on any atom is -0.492 e. The Hall–Kier alpha value is -0.630. The lowest BCUT2D eigenvalue weighted by atomic mass is 9.99. The number of hydrogen-bond acceptors (Lipinski definition) is 4. The van der Waals surface area contributed by atoms with Gasteiger partial charge in [0.05, 0.1) is 6.61 Å². The Morgan fingerprint density at radius 2 is 2.05 bits per heavy atom. The second-order valence-corrected chi connectivity index (χ2v) is 7.93. The molecule has 0 spiro atoms. The highest BCUT2D eigenvalue weighted by atomic mass is 79.9. The van der Waals surface area contributed by atoms with Gasteiger partial charge in [0.2, 0.25) is 10.0 Å². The number of halogens is 1. The Bertz CT molecular complexity index is 584. The summed E-state index contributed by atoms with van der Waals surface area (Å²) in [5.41, 5.74) is 5.66. The van der Waals surface area contributed by atoms with Gasteiger partial charge < -0.3 is 10.5 Å². The van der Waals surface area contributed by atoms with E-state index in [9.17, 15) is 8.42 Å². The first-order valence-corrected chi connectivity index (χ1v) is 9.35. The van der Waals surface area contributed by atoms with E-state index in [1.54, 1.807) is 18.2 Å². The molecule has 118 valence electrons. The Labute approximate surface area is 134 Å². The Morgan fingerprint density at radius 1 is 1.38 bits per heavy atom. The number of benzene rings is 1. The van der Waals surface area contributed by atoms with Gasteiger partial charge in [-0.05, 0) is 50.4 Å². The molecule has 1 fully saturated rings. The van der Waals surface area contributed by atoms with E-state index in [1.807, 2.05) is 6.92 Å². The summed E-state index contributed by atoms with van der Waals surface area (Å²) >= 11 is 3.33. The van der Waals surface area contributed by atoms with Crippen molar-refractivity contribution in [2.75, 3.05) is 26.2 Å². The second kappa shape index (κ2) is 7.09. The zero-order valence-corrected chi connectivity index (χ0v) is 14.5. The minimum atomic E-state index is -3.53. The Morgan fingerprint density at radius 3 is 2.62 bits per heavy atom. The summed E-state index contributed by atoms with van der Waals surface area (Å²) in [6.07, 6.45) is 1.63. The maximum atomic E-state index is 12.8. The molecule has 5 nitrogen and oxygen atoms in total. The number of piperidine rings is 1. The fourth-order valence-corrected chi connectivity index (χ4v) is 4.62. The Balaban J connectivity index is 2.29. The molecule has 0 atom stereocenters. The summed E-state index contributed by atoms with van der Waals surface area (Å²) < 4.78 is 33.4. The molecule has 0 aromatic heterocycles. The molecule has 1 aliphatic rings. The van der Waals surface area contributed by atoms with Gasteiger partial charge >= 0.3 is 0 Å². The Kier molecular flexibility index (Phi) is 5.65. The molecule has 0 bridgehead atoms. The van der Waals surface area contributed by atoms with E-state index in [-0.39, 0.29) is 4.90 Å². The van der Waals surface area contributed by atoms with Crippen LogP contribution in [0.2, 0.25) is 0 Å². The van der Waals surface area contributed by atoms with Crippen LogP contribution >= 0.6 is 15.9 Å². The molecule has 0 saturated carbocycles. The highest BCUT2D eigenvalue weighted by molar-refractivity contribution is 9.10. The lowest BCUT2D eigenvalue weighted by Crippen LogP contribution is -2.40. The molecule has 1 aromatic carbocycles. The lowest BCUT2D eigenvalue weighted by molar-refractivity contribution is 0.276. The first kappa shape index (κ1) is 16.7. The molecule has 0 aliphatic carbocycles. The van der Waals surface area contributed by atoms with Gasteiger partial charge in [-0.3, -0.25) is 0 Å². The van der Waals surface area contributed by atoms with E-state index in [1.165, 1.54) is 4.31 Å². The molecule has 7 heteroatoms. The van der Waals surface area contributed by atoms with Crippen LogP contribution in [0.5, 0.6) is 5.75 Å². The van der Waals surface area contributed by atoms with Crippen molar-refractivity contribution in [2.45, 2.75) is 24.7 Å². The third kappa shape index (κ3) is 3.77. The van der Waals surface area contributed by atoms with Crippen molar-refractivity contribution in [1.82, 2.24) is 4.31 Å². The van der Waals surface area contributed by atoms with Crippen molar-refractivity contribution in [3.05, 3.63) is 22.7 Å². The highest BCUT2D eigenvalue weighted by Gasteiger charge is 2.31. The number of nitrogens with zero attached hydrogens (tertiary/aromatic N) is 1. The van der Waals surface area contributed by atoms with Crippen LogP contribution < -0.4 is 10.5 Å². The first-order valence-electron chi connectivity index (χ1n) is 7.11. The highest BCUT2D eigenvalue weighted by Crippen LogP contribution is 2.32. The fourth-order valence-electron chi connectivity index (χ4n) is 2.48. The smallest absolute Gasteiger partial charge is 0.246 e. The third-order valence-corrected chi connectivity index (χ3v) is 6.14. The quantitative estimate of drug-likeness (QED) is 0.854. The van der Waals surface area contributed by atoms with E-state index in [2.05, 4.69) is 15.9 Å². The molecule has 2 rings (SSSR count).